The molecule has 0 spiro atoms. The minimum absolute atomic E-state index is 0.683. The van der Waals surface area contributed by atoms with E-state index in [1.807, 2.05) is 12.4 Å². The monoisotopic (exact) mass is 249 g/mol. The molecule has 1 aromatic heterocycles. The summed E-state index contributed by atoms with van der Waals surface area (Å²) in [7, 11) is 0. The molecule has 0 atom stereocenters. The summed E-state index contributed by atoms with van der Waals surface area (Å²) < 4.78 is 0. The Bertz CT molecular complexity index is 336. The number of aromatic nitrogens is 1. The molecule has 1 N–H and O–H groups in total. The number of nitrogens with zero attached hydrogens (tertiary/aromatic N) is 2. The van der Waals surface area contributed by atoms with Crippen LogP contribution in [0.2, 0.25) is 0 Å². The van der Waals surface area contributed by atoms with Gasteiger partial charge in [0.25, 0.3) is 0 Å². The fourth-order valence-corrected chi connectivity index (χ4v) is 2.08. The third-order valence-electron chi connectivity index (χ3n) is 2.96. The van der Waals surface area contributed by atoms with Crippen molar-refractivity contribution in [3.8, 4) is 0 Å². The van der Waals surface area contributed by atoms with Gasteiger partial charge >= 0.3 is 0 Å². The topological polar surface area (TPSA) is 28.2 Å². The molecule has 1 heterocycles. The van der Waals surface area contributed by atoms with Crippen LogP contribution in [-0.4, -0.2) is 24.6 Å². The van der Waals surface area contributed by atoms with Gasteiger partial charge in [-0.05, 0) is 31.9 Å². The van der Waals surface area contributed by atoms with Crippen molar-refractivity contribution in [2.75, 3.05) is 24.5 Å². The molecule has 3 heteroatoms. The van der Waals surface area contributed by atoms with Crippen LogP contribution in [0.4, 0.5) is 5.69 Å². The van der Waals surface area contributed by atoms with Crippen LogP contribution in [0, 0.1) is 5.92 Å². The zero-order chi connectivity index (χ0) is 13.4. The molecule has 0 saturated carbocycles. The minimum atomic E-state index is 0.683. The van der Waals surface area contributed by atoms with Crippen LogP contribution < -0.4 is 10.2 Å². The standard InChI is InChI=1S/C15H27N3/c1-5-9-18(6-2)15-7-8-16-11-14(15)12-17-10-13(3)4/h7-8,11,13,17H,5-6,9-10,12H2,1-4H3. The summed E-state index contributed by atoms with van der Waals surface area (Å²) in [5.74, 6) is 0.683. The smallest absolute Gasteiger partial charge is 0.0442 e. The van der Waals surface area contributed by atoms with E-state index in [2.05, 4.69) is 49.0 Å². The summed E-state index contributed by atoms with van der Waals surface area (Å²) in [5.41, 5.74) is 2.62. The average molecular weight is 249 g/mol. The molecule has 0 amide bonds. The number of hydrogen-bond acceptors (Lipinski definition) is 3. The second-order valence-electron chi connectivity index (χ2n) is 5.11. The Morgan fingerprint density at radius 1 is 1.33 bits per heavy atom. The van der Waals surface area contributed by atoms with E-state index in [-0.39, 0.29) is 0 Å². The summed E-state index contributed by atoms with van der Waals surface area (Å²) in [6, 6.07) is 2.13. The normalized spacial score (nSPS) is 10.9. The molecule has 0 aliphatic heterocycles. The Hall–Kier alpha value is -1.09. The number of pyridine rings is 1. The van der Waals surface area contributed by atoms with Crippen molar-refractivity contribution in [2.45, 2.75) is 40.7 Å². The van der Waals surface area contributed by atoms with Crippen molar-refractivity contribution in [2.24, 2.45) is 5.92 Å². The van der Waals surface area contributed by atoms with E-state index in [1.54, 1.807) is 0 Å². The largest absolute Gasteiger partial charge is 0.371 e. The number of hydrogen-bond donors (Lipinski definition) is 1. The van der Waals surface area contributed by atoms with Crippen LogP contribution in [0.25, 0.3) is 0 Å². The highest BCUT2D eigenvalue weighted by atomic mass is 15.1. The van der Waals surface area contributed by atoms with E-state index in [9.17, 15) is 0 Å². The molecule has 0 saturated heterocycles. The predicted molar refractivity (Wildman–Crippen MR) is 79.0 cm³/mol. The molecule has 0 radical (unpaired) electrons. The van der Waals surface area contributed by atoms with Gasteiger partial charge in [0.1, 0.15) is 0 Å². The third-order valence-corrected chi connectivity index (χ3v) is 2.96. The van der Waals surface area contributed by atoms with Crippen molar-refractivity contribution >= 4 is 5.69 Å². The molecular weight excluding hydrogens is 222 g/mol. The molecular formula is C15H27N3. The molecule has 0 aromatic carbocycles. The Labute approximate surface area is 112 Å². The average Bonchev–Trinajstić information content (AvgIpc) is 2.36. The van der Waals surface area contributed by atoms with Crippen molar-refractivity contribution in [3.63, 3.8) is 0 Å². The van der Waals surface area contributed by atoms with Gasteiger partial charge in [-0.1, -0.05) is 20.8 Å². The van der Waals surface area contributed by atoms with E-state index < -0.39 is 0 Å². The first-order chi connectivity index (χ1) is 8.69. The SMILES string of the molecule is CCCN(CC)c1ccncc1CNCC(C)C. The van der Waals surface area contributed by atoms with Crippen molar-refractivity contribution in [1.82, 2.24) is 10.3 Å². The lowest BCUT2D eigenvalue weighted by molar-refractivity contribution is 0.551. The van der Waals surface area contributed by atoms with Crippen molar-refractivity contribution < 1.29 is 0 Å². The Morgan fingerprint density at radius 3 is 2.72 bits per heavy atom. The Morgan fingerprint density at radius 2 is 2.11 bits per heavy atom. The maximum atomic E-state index is 4.25. The zero-order valence-corrected chi connectivity index (χ0v) is 12.2. The van der Waals surface area contributed by atoms with Gasteiger partial charge < -0.3 is 10.2 Å². The van der Waals surface area contributed by atoms with E-state index in [0.29, 0.717) is 5.92 Å². The lowest BCUT2D eigenvalue weighted by Gasteiger charge is -2.25. The highest BCUT2D eigenvalue weighted by Crippen LogP contribution is 2.19. The summed E-state index contributed by atoms with van der Waals surface area (Å²) in [5, 5.41) is 3.50. The van der Waals surface area contributed by atoms with Crippen LogP contribution in [-0.2, 0) is 6.54 Å². The number of anilines is 1. The van der Waals surface area contributed by atoms with Gasteiger partial charge in [-0.2, -0.15) is 0 Å². The molecule has 1 aromatic rings. The Balaban J connectivity index is 2.71. The molecule has 0 unspecified atom stereocenters. The zero-order valence-electron chi connectivity index (χ0n) is 12.2. The first-order valence-corrected chi connectivity index (χ1v) is 7.07. The first kappa shape index (κ1) is 15.0. The Kier molecular flexibility index (Phi) is 6.73. The molecule has 18 heavy (non-hydrogen) atoms. The predicted octanol–water partition coefficient (Wildman–Crippen LogP) is 3.06. The molecule has 102 valence electrons. The van der Waals surface area contributed by atoms with Gasteiger partial charge in [-0.3, -0.25) is 4.98 Å². The maximum Gasteiger partial charge on any atom is 0.0442 e. The minimum Gasteiger partial charge on any atom is -0.371 e. The van der Waals surface area contributed by atoms with Crippen LogP contribution in [0.1, 0.15) is 39.7 Å². The van der Waals surface area contributed by atoms with Crippen LogP contribution in [0.5, 0.6) is 0 Å². The van der Waals surface area contributed by atoms with Gasteiger partial charge in [0.2, 0.25) is 0 Å². The van der Waals surface area contributed by atoms with Gasteiger partial charge in [0.05, 0.1) is 0 Å². The van der Waals surface area contributed by atoms with Gasteiger partial charge in [-0.25, -0.2) is 0 Å². The van der Waals surface area contributed by atoms with Crippen LogP contribution in [0.15, 0.2) is 18.5 Å². The quantitative estimate of drug-likeness (QED) is 0.767. The number of nitrogens with one attached hydrogen (secondary N) is 1. The lowest BCUT2D eigenvalue weighted by atomic mass is 10.2. The molecule has 0 fully saturated rings. The maximum absolute atomic E-state index is 4.25. The molecule has 0 aliphatic carbocycles. The molecule has 0 bridgehead atoms. The lowest BCUT2D eigenvalue weighted by Crippen LogP contribution is -2.26. The van der Waals surface area contributed by atoms with Crippen molar-refractivity contribution in [3.05, 3.63) is 24.0 Å². The fraction of sp³-hybridized carbons (Fsp3) is 0.667. The molecule has 0 aliphatic rings. The first-order valence-electron chi connectivity index (χ1n) is 7.07. The van der Waals surface area contributed by atoms with E-state index in [1.165, 1.54) is 17.7 Å². The van der Waals surface area contributed by atoms with Gasteiger partial charge in [0.15, 0.2) is 0 Å². The summed E-state index contributed by atoms with van der Waals surface area (Å²) >= 11 is 0. The summed E-state index contributed by atoms with van der Waals surface area (Å²) in [6.45, 7) is 13.0. The second-order valence-corrected chi connectivity index (χ2v) is 5.11. The van der Waals surface area contributed by atoms with Gasteiger partial charge in [-0.15, -0.1) is 0 Å². The number of rotatable bonds is 8. The van der Waals surface area contributed by atoms with E-state index in [0.717, 1.165) is 26.2 Å². The van der Waals surface area contributed by atoms with Crippen LogP contribution >= 0.6 is 0 Å². The molecule has 1 rings (SSSR count). The van der Waals surface area contributed by atoms with Gasteiger partial charge in [0, 0.05) is 43.3 Å². The van der Waals surface area contributed by atoms with E-state index in [4.69, 9.17) is 0 Å². The third kappa shape index (κ3) is 4.65. The summed E-state index contributed by atoms with van der Waals surface area (Å²) in [4.78, 5) is 6.68. The summed E-state index contributed by atoms with van der Waals surface area (Å²) in [6.07, 6.45) is 5.05. The highest BCUT2D eigenvalue weighted by molar-refractivity contribution is 5.52. The van der Waals surface area contributed by atoms with Crippen LogP contribution in [0.3, 0.4) is 0 Å². The molecule has 3 nitrogen and oxygen atoms in total. The fourth-order valence-electron chi connectivity index (χ4n) is 2.08. The highest BCUT2D eigenvalue weighted by Gasteiger charge is 2.08. The van der Waals surface area contributed by atoms with E-state index >= 15 is 0 Å². The second kappa shape index (κ2) is 8.09. The van der Waals surface area contributed by atoms with Crippen molar-refractivity contribution in [1.29, 1.82) is 0 Å².